The van der Waals surface area contributed by atoms with Crippen LogP contribution in [0.2, 0.25) is 0 Å². The molecule has 0 bridgehead atoms. The lowest BCUT2D eigenvalue weighted by molar-refractivity contribution is 0.0535. The zero-order valence-electron chi connectivity index (χ0n) is 14.3. The van der Waals surface area contributed by atoms with E-state index < -0.39 is 5.76 Å². The molecule has 4 rings (SSSR count). The number of aromatic amines is 1. The first kappa shape index (κ1) is 16.1. The summed E-state index contributed by atoms with van der Waals surface area (Å²) >= 11 is 0. The topological polar surface area (TPSA) is 87.6 Å². The van der Waals surface area contributed by atoms with Crippen molar-refractivity contribution in [1.82, 2.24) is 15.2 Å². The van der Waals surface area contributed by atoms with Crippen LogP contribution in [0.4, 0.5) is 0 Å². The molecule has 7 heteroatoms. The Bertz CT molecular complexity index is 869. The SMILES string of the molecule is Cc1c([C@@H]2CN(Cc3c[nH]c(=O)o3)C[C@H](C)N2)ccc2c1COC2=O. The molecule has 0 saturated carbocycles. The number of oxazole rings is 1. The minimum atomic E-state index is -0.422. The fourth-order valence-corrected chi connectivity index (χ4v) is 3.85. The van der Waals surface area contributed by atoms with Crippen LogP contribution in [0.5, 0.6) is 0 Å². The highest BCUT2D eigenvalue weighted by atomic mass is 16.5. The second-order valence-corrected chi connectivity index (χ2v) is 6.84. The molecule has 0 radical (unpaired) electrons. The van der Waals surface area contributed by atoms with Crippen LogP contribution in [-0.2, 0) is 17.9 Å². The molecule has 132 valence electrons. The molecule has 0 spiro atoms. The van der Waals surface area contributed by atoms with E-state index in [0.29, 0.717) is 30.5 Å². The zero-order valence-corrected chi connectivity index (χ0v) is 14.3. The summed E-state index contributed by atoms with van der Waals surface area (Å²) in [6.45, 7) is 6.81. The molecule has 3 heterocycles. The summed E-state index contributed by atoms with van der Waals surface area (Å²) in [6.07, 6.45) is 1.62. The highest BCUT2D eigenvalue weighted by Gasteiger charge is 2.30. The minimum absolute atomic E-state index is 0.149. The Kier molecular flexibility index (Phi) is 3.97. The Morgan fingerprint density at radius 1 is 1.28 bits per heavy atom. The lowest BCUT2D eigenvalue weighted by Crippen LogP contribution is -2.50. The predicted molar refractivity (Wildman–Crippen MR) is 90.2 cm³/mol. The van der Waals surface area contributed by atoms with Crippen LogP contribution in [0, 0.1) is 6.92 Å². The van der Waals surface area contributed by atoms with E-state index in [2.05, 4.69) is 22.1 Å². The summed E-state index contributed by atoms with van der Waals surface area (Å²) in [5.74, 6) is -0.0184. The lowest BCUT2D eigenvalue weighted by atomic mass is 9.92. The van der Waals surface area contributed by atoms with E-state index in [4.69, 9.17) is 9.15 Å². The number of carbonyl (C=O) groups excluding carboxylic acids is 1. The number of rotatable bonds is 3. The van der Waals surface area contributed by atoms with E-state index in [0.717, 1.165) is 24.2 Å². The van der Waals surface area contributed by atoms with Gasteiger partial charge in [0.25, 0.3) is 0 Å². The molecule has 1 fully saturated rings. The Morgan fingerprint density at radius 2 is 2.12 bits per heavy atom. The Balaban J connectivity index is 1.58. The van der Waals surface area contributed by atoms with Gasteiger partial charge in [-0.25, -0.2) is 9.59 Å². The third-order valence-corrected chi connectivity index (χ3v) is 5.00. The molecule has 0 unspecified atom stereocenters. The number of nitrogens with zero attached hydrogens (tertiary/aromatic N) is 1. The number of benzene rings is 1. The molecule has 2 aliphatic heterocycles. The van der Waals surface area contributed by atoms with Crippen molar-refractivity contribution in [2.45, 2.75) is 39.1 Å². The Hall–Kier alpha value is -2.38. The molecular formula is C18H21N3O4. The fraction of sp³-hybridized carbons (Fsp3) is 0.444. The molecule has 2 N–H and O–H groups in total. The Labute approximate surface area is 145 Å². The average Bonchev–Trinajstić information content (AvgIpc) is 3.14. The van der Waals surface area contributed by atoms with Crippen LogP contribution < -0.4 is 11.1 Å². The number of hydrogen-bond acceptors (Lipinski definition) is 6. The average molecular weight is 343 g/mol. The monoisotopic (exact) mass is 343 g/mol. The third-order valence-electron chi connectivity index (χ3n) is 5.00. The van der Waals surface area contributed by atoms with Crippen molar-refractivity contribution in [2.24, 2.45) is 0 Å². The number of aromatic nitrogens is 1. The van der Waals surface area contributed by atoms with Gasteiger partial charge < -0.3 is 14.5 Å². The molecule has 7 nitrogen and oxygen atoms in total. The highest BCUT2D eigenvalue weighted by molar-refractivity contribution is 5.93. The smallest absolute Gasteiger partial charge is 0.416 e. The van der Waals surface area contributed by atoms with Gasteiger partial charge in [0, 0.05) is 36.9 Å². The normalized spacial score (nSPS) is 23.5. The number of fused-ring (bicyclic) bond motifs is 1. The first-order chi connectivity index (χ1) is 12.0. The van der Waals surface area contributed by atoms with Gasteiger partial charge in [-0.1, -0.05) is 6.07 Å². The summed E-state index contributed by atoms with van der Waals surface area (Å²) in [6, 6.07) is 4.33. The fourth-order valence-electron chi connectivity index (χ4n) is 3.85. The molecule has 1 aromatic carbocycles. The molecule has 1 aromatic heterocycles. The predicted octanol–water partition coefficient (Wildman–Crippen LogP) is 1.48. The Morgan fingerprint density at radius 3 is 2.88 bits per heavy atom. The summed E-state index contributed by atoms with van der Waals surface area (Å²) < 4.78 is 10.3. The van der Waals surface area contributed by atoms with Crippen LogP contribution in [-0.4, -0.2) is 35.0 Å². The van der Waals surface area contributed by atoms with E-state index in [9.17, 15) is 9.59 Å². The first-order valence-electron chi connectivity index (χ1n) is 8.46. The number of piperazine rings is 1. The van der Waals surface area contributed by atoms with Crippen LogP contribution in [0.3, 0.4) is 0 Å². The van der Waals surface area contributed by atoms with E-state index >= 15 is 0 Å². The van der Waals surface area contributed by atoms with Gasteiger partial charge in [0.05, 0.1) is 12.1 Å². The lowest BCUT2D eigenvalue weighted by Gasteiger charge is -2.38. The third kappa shape index (κ3) is 3.01. The van der Waals surface area contributed by atoms with Gasteiger partial charge in [-0.3, -0.25) is 9.88 Å². The number of carbonyl (C=O) groups is 1. The van der Waals surface area contributed by atoms with Gasteiger partial charge >= 0.3 is 11.7 Å². The molecule has 0 amide bonds. The maximum absolute atomic E-state index is 11.7. The number of cyclic esters (lactones) is 1. The van der Waals surface area contributed by atoms with Crippen molar-refractivity contribution in [3.63, 3.8) is 0 Å². The van der Waals surface area contributed by atoms with Gasteiger partial charge in [-0.15, -0.1) is 0 Å². The zero-order chi connectivity index (χ0) is 17.6. The van der Waals surface area contributed by atoms with E-state index in [1.165, 1.54) is 5.56 Å². The van der Waals surface area contributed by atoms with Crippen molar-refractivity contribution in [1.29, 1.82) is 0 Å². The molecule has 25 heavy (non-hydrogen) atoms. The van der Waals surface area contributed by atoms with Gasteiger partial charge in [-0.2, -0.15) is 0 Å². The highest BCUT2D eigenvalue weighted by Crippen LogP contribution is 2.31. The van der Waals surface area contributed by atoms with Crippen LogP contribution in [0.15, 0.2) is 27.5 Å². The summed E-state index contributed by atoms with van der Waals surface area (Å²) in [7, 11) is 0. The molecule has 2 aliphatic rings. The van der Waals surface area contributed by atoms with Crippen molar-refractivity contribution >= 4 is 5.97 Å². The number of hydrogen-bond donors (Lipinski definition) is 2. The van der Waals surface area contributed by atoms with E-state index in [1.807, 2.05) is 19.1 Å². The second-order valence-electron chi connectivity index (χ2n) is 6.84. The van der Waals surface area contributed by atoms with Gasteiger partial charge in [0.15, 0.2) is 0 Å². The van der Waals surface area contributed by atoms with Crippen molar-refractivity contribution in [2.75, 3.05) is 13.1 Å². The molecule has 1 saturated heterocycles. The van der Waals surface area contributed by atoms with Crippen LogP contribution in [0.1, 0.15) is 45.8 Å². The second kappa shape index (κ2) is 6.16. The largest absolute Gasteiger partial charge is 0.457 e. The van der Waals surface area contributed by atoms with E-state index in [1.54, 1.807) is 6.20 Å². The number of ether oxygens (including phenoxy) is 1. The molecule has 0 aliphatic carbocycles. The van der Waals surface area contributed by atoms with Gasteiger partial charge in [-0.05, 0) is 31.0 Å². The standard InChI is InChI=1S/C18H21N3O4/c1-10-6-21(7-12-5-19-18(23)25-12)8-16(20-10)13-3-4-14-15(11(13)2)9-24-17(14)22/h3-5,10,16,20H,6-9H2,1-2H3,(H,19,23)/t10-,16-/m0/s1. The maximum atomic E-state index is 11.7. The molecule has 2 atom stereocenters. The molecular weight excluding hydrogens is 322 g/mol. The maximum Gasteiger partial charge on any atom is 0.416 e. The molecule has 2 aromatic rings. The number of esters is 1. The first-order valence-corrected chi connectivity index (χ1v) is 8.46. The van der Waals surface area contributed by atoms with Crippen molar-refractivity contribution < 1.29 is 13.9 Å². The number of H-pyrrole nitrogens is 1. The van der Waals surface area contributed by atoms with E-state index in [-0.39, 0.29) is 12.0 Å². The summed E-state index contributed by atoms with van der Waals surface area (Å²) in [5, 5.41) is 3.63. The van der Waals surface area contributed by atoms with Crippen molar-refractivity contribution in [3.8, 4) is 0 Å². The van der Waals surface area contributed by atoms with Crippen molar-refractivity contribution in [3.05, 3.63) is 56.9 Å². The van der Waals surface area contributed by atoms with Crippen LogP contribution >= 0.6 is 0 Å². The van der Waals surface area contributed by atoms with Crippen LogP contribution in [0.25, 0.3) is 0 Å². The van der Waals surface area contributed by atoms with Gasteiger partial charge in [0.2, 0.25) is 0 Å². The van der Waals surface area contributed by atoms with Gasteiger partial charge in [0.1, 0.15) is 12.4 Å². The summed E-state index contributed by atoms with van der Waals surface area (Å²) in [4.78, 5) is 27.7. The minimum Gasteiger partial charge on any atom is -0.457 e. The quantitative estimate of drug-likeness (QED) is 0.821. The number of nitrogens with one attached hydrogen (secondary N) is 2. The summed E-state index contributed by atoms with van der Waals surface area (Å²) in [5.41, 5.74) is 3.97.